The van der Waals surface area contributed by atoms with E-state index < -0.39 is 0 Å². The second kappa shape index (κ2) is 4.59. The molecule has 1 saturated heterocycles. The maximum atomic E-state index is 9.35. The van der Waals surface area contributed by atoms with Crippen LogP contribution in [0.1, 0.15) is 18.2 Å². The van der Waals surface area contributed by atoms with Gasteiger partial charge in [0.2, 0.25) is 0 Å². The molecule has 0 aliphatic carbocycles. The van der Waals surface area contributed by atoms with Gasteiger partial charge in [-0.3, -0.25) is 0 Å². The first-order valence-electron chi connectivity index (χ1n) is 5.64. The molecule has 0 unspecified atom stereocenters. The van der Waals surface area contributed by atoms with Crippen LogP contribution in [0.4, 0.5) is 0 Å². The number of nitrogens with zero attached hydrogens (tertiary/aromatic N) is 2. The number of hydrogen-bond donors (Lipinski definition) is 1. The van der Waals surface area contributed by atoms with Gasteiger partial charge in [0, 0.05) is 18.1 Å². The summed E-state index contributed by atoms with van der Waals surface area (Å²) in [7, 11) is 0. The standard InChI is InChI=1S/C12H11ClN2O3/c13-9-5-7(1-2-10(9)16)12-14-11(15-18-12)8-3-4-17-6-8/h1-2,5,8,16H,3-4,6H2/t8-/m0/s1. The van der Waals surface area contributed by atoms with Crippen LogP contribution in [-0.2, 0) is 4.74 Å². The van der Waals surface area contributed by atoms with Crippen molar-refractivity contribution >= 4 is 11.6 Å². The molecule has 1 N–H and O–H groups in total. The second-order valence-electron chi connectivity index (χ2n) is 4.18. The summed E-state index contributed by atoms with van der Waals surface area (Å²) in [6, 6.07) is 4.78. The fourth-order valence-corrected chi connectivity index (χ4v) is 2.08. The molecule has 1 fully saturated rings. The van der Waals surface area contributed by atoms with Gasteiger partial charge in [-0.25, -0.2) is 0 Å². The number of phenols is 1. The van der Waals surface area contributed by atoms with E-state index in [-0.39, 0.29) is 16.7 Å². The lowest BCUT2D eigenvalue weighted by molar-refractivity contribution is 0.192. The summed E-state index contributed by atoms with van der Waals surface area (Å²) in [5, 5.41) is 13.6. The molecule has 5 nitrogen and oxygen atoms in total. The molecule has 2 aromatic rings. The zero-order valence-electron chi connectivity index (χ0n) is 9.47. The van der Waals surface area contributed by atoms with E-state index in [1.54, 1.807) is 12.1 Å². The zero-order valence-corrected chi connectivity index (χ0v) is 10.2. The first-order valence-corrected chi connectivity index (χ1v) is 6.02. The van der Waals surface area contributed by atoms with E-state index in [4.69, 9.17) is 20.9 Å². The minimum atomic E-state index is 0.0318. The molecule has 2 heterocycles. The number of rotatable bonds is 2. The van der Waals surface area contributed by atoms with Crippen molar-refractivity contribution in [2.75, 3.05) is 13.2 Å². The molecular formula is C12H11ClN2O3. The van der Waals surface area contributed by atoms with Crippen LogP contribution in [0.15, 0.2) is 22.7 Å². The number of hydrogen-bond acceptors (Lipinski definition) is 5. The fraction of sp³-hybridized carbons (Fsp3) is 0.333. The Kier molecular flexibility index (Phi) is 2.93. The maximum Gasteiger partial charge on any atom is 0.257 e. The number of phenolic OH excluding ortho intramolecular Hbond substituents is 1. The second-order valence-corrected chi connectivity index (χ2v) is 4.59. The van der Waals surface area contributed by atoms with Crippen LogP contribution in [0.25, 0.3) is 11.5 Å². The van der Waals surface area contributed by atoms with Gasteiger partial charge in [0.15, 0.2) is 5.82 Å². The van der Waals surface area contributed by atoms with Gasteiger partial charge in [-0.15, -0.1) is 0 Å². The van der Waals surface area contributed by atoms with Gasteiger partial charge in [0.05, 0.1) is 11.6 Å². The quantitative estimate of drug-likeness (QED) is 0.905. The van der Waals surface area contributed by atoms with Crippen molar-refractivity contribution in [1.29, 1.82) is 0 Å². The van der Waals surface area contributed by atoms with E-state index in [1.807, 2.05) is 0 Å². The molecule has 1 aromatic heterocycles. The smallest absolute Gasteiger partial charge is 0.257 e. The highest BCUT2D eigenvalue weighted by atomic mass is 35.5. The molecule has 94 valence electrons. The molecule has 3 rings (SSSR count). The van der Waals surface area contributed by atoms with Crippen molar-refractivity contribution in [3.05, 3.63) is 29.0 Å². The molecule has 0 saturated carbocycles. The number of ether oxygens (including phenoxy) is 1. The third kappa shape index (κ3) is 2.07. The molecule has 1 atom stereocenters. The summed E-state index contributed by atoms with van der Waals surface area (Å²) >= 11 is 5.84. The summed E-state index contributed by atoms with van der Waals surface area (Å²) in [5.41, 5.74) is 0.690. The fourth-order valence-electron chi connectivity index (χ4n) is 1.90. The molecular weight excluding hydrogens is 256 g/mol. The number of halogens is 1. The van der Waals surface area contributed by atoms with Crippen LogP contribution >= 0.6 is 11.6 Å². The van der Waals surface area contributed by atoms with E-state index in [0.717, 1.165) is 13.0 Å². The van der Waals surface area contributed by atoms with Crippen LogP contribution in [-0.4, -0.2) is 28.5 Å². The lowest BCUT2D eigenvalue weighted by Gasteiger charge is -1.99. The lowest BCUT2D eigenvalue weighted by Crippen LogP contribution is -1.99. The topological polar surface area (TPSA) is 68.4 Å². The molecule has 6 heteroatoms. The summed E-state index contributed by atoms with van der Waals surface area (Å²) in [5.74, 6) is 1.30. The van der Waals surface area contributed by atoms with Gasteiger partial charge in [0.1, 0.15) is 5.75 Å². The first kappa shape index (κ1) is 11.5. The molecule has 0 bridgehead atoms. The predicted molar refractivity (Wildman–Crippen MR) is 64.6 cm³/mol. The number of aromatic nitrogens is 2. The van der Waals surface area contributed by atoms with Crippen LogP contribution in [0.5, 0.6) is 5.75 Å². The summed E-state index contributed by atoms with van der Waals surface area (Å²) in [6.45, 7) is 1.37. The Labute approximate surface area is 108 Å². The highest BCUT2D eigenvalue weighted by Gasteiger charge is 2.23. The van der Waals surface area contributed by atoms with E-state index in [0.29, 0.717) is 23.9 Å². The lowest BCUT2D eigenvalue weighted by atomic mass is 10.1. The van der Waals surface area contributed by atoms with E-state index in [2.05, 4.69) is 10.1 Å². The Hall–Kier alpha value is -1.59. The van der Waals surface area contributed by atoms with E-state index in [1.165, 1.54) is 6.07 Å². The Morgan fingerprint density at radius 3 is 3.00 bits per heavy atom. The maximum absolute atomic E-state index is 9.35. The molecule has 18 heavy (non-hydrogen) atoms. The highest BCUT2D eigenvalue weighted by Crippen LogP contribution is 2.30. The third-order valence-electron chi connectivity index (χ3n) is 2.93. The summed E-state index contributed by atoms with van der Waals surface area (Å²) in [4.78, 5) is 4.34. The third-order valence-corrected chi connectivity index (χ3v) is 3.23. The van der Waals surface area contributed by atoms with Crippen molar-refractivity contribution in [1.82, 2.24) is 10.1 Å². The minimum Gasteiger partial charge on any atom is -0.506 e. The SMILES string of the molecule is Oc1ccc(-c2nc([C@H]3CCOC3)no2)cc1Cl. The van der Waals surface area contributed by atoms with Crippen molar-refractivity contribution in [2.24, 2.45) is 0 Å². The van der Waals surface area contributed by atoms with Crippen molar-refractivity contribution < 1.29 is 14.4 Å². The Balaban J connectivity index is 1.89. The molecule has 0 spiro atoms. The largest absolute Gasteiger partial charge is 0.506 e. The number of benzene rings is 1. The van der Waals surface area contributed by atoms with Gasteiger partial charge in [-0.1, -0.05) is 16.8 Å². The van der Waals surface area contributed by atoms with E-state index >= 15 is 0 Å². The van der Waals surface area contributed by atoms with Gasteiger partial charge in [-0.2, -0.15) is 4.98 Å². The Bertz CT molecular complexity index is 564. The predicted octanol–water partition coefficient (Wildman–Crippen LogP) is 2.60. The molecule has 0 radical (unpaired) electrons. The van der Waals surface area contributed by atoms with Crippen LogP contribution < -0.4 is 0 Å². The minimum absolute atomic E-state index is 0.0318. The highest BCUT2D eigenvalue weighted by molar-refractivity contribution is 6.32. The zero-order chi connectivity index (χ0) is 12.5. The van der Waals surface area contributed by atoms with Crippen molar-refractivity contribution in [3.8, 4) is 17.2 Å². The first-order chi connectivity index (χ1) is 8.74. The van der Waals surface area contributed by atoms with Crippen LogP contribution in [0, 0.1) is 0 Å². The van der Waals surface area contributed by atoms with Gasteiger partial charge in [-0.05, 0) is 24.6 Å². The molecule has 0 amide bonds. The monoisotopic (exact) mass is 266 g/mol. The van der Waals surface area contributed by atoms with Crippen LogP contribution in [0.3, 0.4) is 0 Å². The Morgan fingerprint density at radius 1 is 1.39 bits per heavy atom. The van der Waals surface area contributed by atoms with Crippen molar-refractivity contribution in [3.63, 3.8) is 0 Å². The normalized spacial score (nSPS) is 19.3. The van der Waals surface area contributed by atoms with Gasteiger partial charge >= 0.3 is 0 Å². The molecule has 1 aliphatic rings. The average Bonchev–Trinajstić information content (AvgIpc) is 3.01. The molecule has 1 aromatic carbocycles. The number of aromatic hydroxyl groups is 1. The summed E-state index contributed by atoms with van der Waals surface area (Å²) in [6.07, 6.45) is 0.912. The Morgan fingerprint density at radius 2 is 2.28 bits per heavy atom. The van der Waals surface area contributed by atoms with Crippen LogP contribution in [0.2, 0.25) is 5.02 Å². The van der Waals surface area contributed by atoms with Gasteiger partial charge in [0.25, 0.3) is 5.89 Å². The summed E-state index contributed by atoms with van der Waals surface area (Å²) < 4.78 is 10.5. The van der Waals surface area contributed by atoms with E-state index in [9.17, 15) is 5.11 Å². The average molecular weight is 267 g/mol. The molecule has 1 aliphatic heterocycles. The van der Waals surface area contributed by atoms with Gasteiger partial charge < -0.3 is 14.4 Å². The van der Waals surface area contributed by atoms with Crippen molar-refractivity contribution in [2.45, 2.75) is 12.3 Å².